The fraction of sp³-hybridized carbons (Fsp3) is 0.391. The molecule has 3 rings (SSSR count). The fourth-order valence-electron chi connectivity index (χ4n) is 3.53. The van der Waals surface area contributed by atoms with Gasteiger partial charge in [0.25, 0.3) is 5.91 Å². The lowest BCUT2D eigenvalue weighted by molar-refractivity contribution is 0.0817. The molecule has 0 N–H and O–H groups in total. The monoisotopic (exact) mass is 442 g/mol. The molecule has 148 valence electrons. The van der Waals surface area contributed by atoms with E-state index in [1.54, 1.807) is 0 Å². The minimum Gasteiger partial charge on any atom is -0.482 e. The highest BCUT2D eigenvalue weighted by molar-refractivity contribution is 9.10. The van der Waals surface area contributed by atoms with Gasteiger partial charge in [-0.1, -0.05) is 56.5 Å². The standard InChI is InChI=1S/C23H27BrN2O2/c1-4-5-6-7-11-19-16(2)25-26(17(19)3)22(27)15-28-21-14-13-18-10-8-9-12-20(18)23(21)24/h8-10,12-14H,4-7,11,15H2,1-3H3. The van der Waals surface area contributed by atoms with Crippen molar-refractivity contribution in [1.82, 2.24) is 9.78 Å². The highest BCUT2D eigenvalue weighted by atomic mass is 79.9. The number of halogens is 1. The van der Waals surface area contributed by atoms with Crippen molar-refractivity contribution in [2.24, 2.45) is 0 Å². The smallest absolute Gasteiger partial charge is 0.284 e. The van der Waals surface area contributed by atoms with Crippen molar-refractivity contribution in [1.29, 1.82) is 0 Å². The van der Waals surface area contributed by atoms with E-state index in [1.807, 2.05) is 50.2 Å². The summed E-state index contributed by atoms with van der Waals surface area (Å²) in [6, 6.07) is 12.0. The van der Waals surface area contributed by atoms with Crippen LogP contribution in [0.4, 0.5) is 0 Å². The molecule has 1 heterocycles. The molecule has 4 nitrogen and oxygen atoms in total. The van der Waals surface area contributed by atoms with Crippen LogP contribution in [0.3, 0.4) is 0 Å². The topological polar surface area (TPSA) is 44.1 Å². The molecule has 0 radical (unpaired) electrons. The summed E-state index contributed by atoms with van der Waals surface area (Å²) in [6.45, 7) is 6.11. The highest BCUT2D eigenvalue weighted by Crippen LogP contribution is 2.33. The third-order valence-electron chi connectivity index (χ3n) is 5.14. The Morgan fingerprint density at radius 2 is 1.89 bits per heavy atom. The van der Waals surface area contributed by atoms with E-state index in [1.165, 1.54) is 29.5 Å². The van der Waals surface area contributed by atoms with Gasteiger partial charge >= 0.3 is 0 Å². The first-order chi connectivity index (χ1) is 13.5. The van der Waals surface area contributed by atoms with E-state index in [-0.39, 0.29) is 12.5 Å². The molecule has 0 amide bonds. The van der Waals surface area contributed by atoms with Crippen LogP contribution in [0.15, 0.2) is 40.9 Å². The van der Waals surface area contributed by atoms with E-state index in [0.717, 1.165) is 39.5 Å². The van der Waals surface area contributed by atoms with Crippen LogP contribution in [0.25, 0.3) is 10.8 Å². The molecule has 0 bridgehead atoms. The van der Waals surface area contributed by atoms with Crippen molar-refractivity contribution in [3.63, 3.8) is 0 Å². The summed E-state index contributed by atoms with van der Waals surface area (Å²) in [5.41, 5.74) is 3.06. The van der Waals surface area contributed by atoms with Gasteiger partial charge in [-0.3, -0.25) is 4.79 Å². The van der Waals surface area contributed by atoms with Gasteiger partial charge in [0, 0.05) is 5.69 Å². The van der Waals surface area contributed by atoms with Gasteiger partial charge in [-0.15, -0.1) is 0 Å². The Bertz CT molecular complexity index is 978. The summed E-state index contributed by atoms with van der Waals surface area (Å²) in [4.78, 5) is 12.7. The minimum absolute atomic E-state index is 0.0474. The van der Waals surface area contributed by atoms with Gasteiger partial charge in [0.1, 0.15) is 5.75 Å². The lowest BCUT2D eigenvalue weighted by atomic mass is 10.0. The summed E-state index contributed by atoms with van der Waals surface area (Å²) in [5.74, 6) is 0.508. The van der Waals surface area contributed by atoms with Crippen LogP contribution in [0, 0.1) is 13.8 Å². The molecule has 3 aromatic rings. The van der Waals surface area contributed by atoms with Crippen molar-refractivity contribution >= 4 is 32.6 Å². The van der Waals surface area contributed by atoms with Gasteiger partial charge in [-0.05, 0) is 65.0 Å². The van der Waals surface area contributed by atoms with Crippen molar-refractivity contribution < 1.29 is 9.53 Å². The number of benzene rings is 2. The summed E-state index contributed by atoms with van der Waals surface area (Å²) in [5, 5.41) is 6.66. The molecule has 28 heavy (non-hydrogen) atoms. The van der Waals surface area contributed by atoms with E-state index in [9.17, 15) is 4.79 Å². The van der Waals surface area contributed by atoms with Crippen molar-refractivity contribution in [2.45, 2.75) is 52.9 Å². The van der Waals surface area contributed by atoms with Crippen LogP contribution in [0.2, 0.25) is 0 Å². The number of unbranched alkanes of at least 4 members (excludes halogenated alkanes) is 3. The summed E-state index contributed by atoms with van der Waals surface area (Å²) in [7, 11) is 0. The van der Waals surface area contributed by atoms with Gasteiger partial charge in [-0.2, -0.15) is 5.10 Å². The van der Waals surface area contributed by atoms with E-state index >= 15 is 0 Å². The second-order valence-corrected chi connectivity index (χ2v) is 7.95. The molecule has 0 fully saturated rings. The number of carbonyl (C=O) groups excluding carboxylic acids is 1. The normalized spacial score (nSPS) is 11.1. The van der Waals surface area contributed by atoms with Gasteiger partial charge < -0.3 is 4.74 Å². The molecule has 0 saturated heterocycles. The molecule has 0 atom stereocenters. The maximum absolute atomic E-state index is 12.7. The first-order valence-electron chi connectivity index (χ1n) is 9.91. The molecule has 0 saturated carbocycles. The van der Waals surface area contributed by atoms with Crippen molar-refractivity contribution in [3.05, 3.63) is 57.8 Å². The molecule has 0 aliphatic heterocycles. The van der Waals surface area contributed by atoms with E-state index in [4.69, 9.17) is 4.74 Å². The Morgan fingerprint density at radius 3 is 2.68 bits per heavy atom. The second kappa shape index (κ2) is 9.37. The Kier molecular flexibility index (Phi) is 6.89. The number of ether oxygens (including phenoxy) is 1. The van der Waals surface area contributed by atoms with Crippen molar-refractivity contribution in [3.8, 4) is 5.75 Å². The van der Waals surface area contributed by atoms with Crippen LogP contribution in [0.1, 0.15) is 54.4 Å². The lowest BCUT2D eigenvalue weighted by Crippen LogP contribution is -2.22. The van der Waals surface area contributed by atoms with E-state index < -0.39 is 0 Å². The second-order valence-electron chi connectivity index (χ2n) is 7.15. The lowest BCUT2D eigenvalue weighted by Gasteiger charge is -2.10. The number of fused-ring (bicyclic) bond motifs is 1. The maximum atomic E-state index is 12.7. The number of hydrogen-bond donors (Lipinski definition) is 0. The number of aromatic nitrogens is 2. The number of hydrogen-bond acceptors (Lipinski definition) is 3. The molecular formula is C23H27BrN2O2. The van der Waals surface area contributed by atoms with E-state index in [2.05, 4.69) is 28.0 Å². The third-order valence-corrected chi connectivity index (χ3v) is 5.95. The molecule has 1 aromatic heterocycles. The van der Waals surface area contributed by atoms with Crippen LogP contribution < -0.4 is 4.74 Å². The third kappa shape index (κ3) is 4.46. The summed E-state index contributed by atoms with van der Waals surface area (Å²) in [6.07, 6.45) is 5.79. The summed E-state index contributed by atoms with van der Waals surface area (Å²) >= 11 is 3.60. The molecule has 0 aliphatic rings. The van der Waals surface area contributed by atoms with E-state index in [0.29, 0.717) is 5.75 Å². The highest BCUT2D eigenvalue weighted by Gasteiger charge is 2.17. The van der Waals surface area contributed by atoms with Crippen LogP contribution in [-0.4, -0.2) is 22.3 Å². The van der Waals surface area contributed by atoms with Gasteiger partial charge in [0.15, 0.2) is 6.61 Å². The SMILES string of the molecule is CCCCCCc1c(C)nn(C(=O)COc2ccc3ccccc3c2Br)c1C. The first kappa shape index (κ1) is 20.6. The molecular weight excluding hydrogens is 416 g/mol. The van der Waals surface area contributed by atoms with Crippen LogP contribution in [-0.2, 0) is 6.42 Å². The van der Waals surface area contributed by atoms with Crippen molar-refractivity contribution in [2.75, 3.05) is 6.61 Å². The fourth-order valence-corrected chi connectivity index (χ4v) is 4.14. The number of nitrogens with zero attached hydrogens (tertiary/aromatic N) is 2. The molecule has 0 unspecified atom stereocenters. The summed E-state index contributed by atoms with van der Waals surface area (Å²) < 4.78 is 8.18. The Morgan fingerprint density at radius 1 is 1.11 bits per heavy atom. The van der Waals surface area contributed by atoms with Gasteiger partial charge in [0.05, 0.1) is 10.2 Å². The number of rotatable bonds is 8. The Labute approximate surface area is 175 Å². The zero-order chi connectivity index (χ0) is 20.1. The average Bonchev–Trinajstić information content (AvgIpc) is 2.99. The van der Waals surface area contributed by atoms with Crippen LogP contribution in [0.5, 0.6) is 5.75 Å². The first-order valence-corrected chi connectivity index (χ1v) is 10.7. The molecule has 2 aromatic carbocycles. The molecule has 0 aliphatic carbocycles. The predicted octanol–water partition coefficient (Wildman–Crippen LogP) is 6.26. The minimum atomic E-state index is -0.152. The van der Waals surface area contributed by atoms with Gasteiger partial charge in [0.2, 0.25) is 0 Å². The van der Waals surface area contributed by atoms with Gasteiger partial charge in [-0.25, -0.2) is 4.68 Å². The Hall–Kier alpha value is -2.14. The zero-order valence-corrected chi connectivity index (χ0v) is 18.4. The molecule has 5 heteroatoms. The average molecular weight is 443 g/mol. The maximum Gasteiger partial charge on any atom is 0.284 e. The number of carbonyl (C=O) groups is 1. The Balaban J connectivity index is 1.69. The molecule has 0 spiro atoms. The van der Waals surface area contributed by atoms with Crippen LogP contribution >= 0.6 is 15.9 Å². The largest absolute Gasteiger partial charge is 0.482 e. The predicted molar refractivity (Wildman–Crippen MR) is 117 cm³/mol. The quantitative estimate of drug-likeness (QED) is 0.386. The number of aryl methyl sites for hydroxylation is 1. The zero-order valence-electron chi connectivity index (χ0n) is 16.8.